The average Bonchev–Trinajstić information content (AvgIpc) is 3.14. The van der Waals surface area contributed by atoms with E-state index in [9.17, 15) is 4.79 Å². The van der Waals surface area contributed by atoms with Gasteiger partial charge < -0.3 is 9.88 Å². The minimum atomic E-state index is 0.0199. The maximum absolute atomic E-state index is 12.9. The summed E-state index contributed by atoms with van der Waals surface area (Å²) in [6, 6.07) is 3.71. The molecule has 1 N–H and O–H groups in total. The lowest BCUT2D eigenvalue weighted by molar-refractivity contribution is 0.0705. The fourth-order valence-corrected chi connectivity index (χ4v) is 3.52. The molecule has 7 heteroatoms. The van der Waals surface area contributed by atoms with Crippen molar-refractivity contribution < 1.29 is 4.79 Å². The zero-order valence-corrected chi connectivity index (χ0v) is 15.5. The Morgan fingerprint density at radius 2 is 1.96 bits per heavy atom. The first-order chi connectivity index (χ1) is 13.1. The van der Waals surface area contributed by atoms with Crippen LogP contribution >= 0.6 is 0 Å². The third-order valence-corrected chi connectivity index (χ3v) is 4.91. The number of aromatic nitrogens is 5. The maximum atomic E-state index is 12.9. The molecule has 138 valence electrons. The molecule has 1 aliphatic rings. The highest BCUT2D eigenvalue weighted by molar-refractivity contribution is 5.94. The van der Waals surface area contributed by atoms with Crippen LogP contribution in [-0.4, -0.2) is 48.8 Å². The van der Waals surface area contributed by atoms with E-state index in [0.29, 0.717) is 12.1 Å². The molecule has 7 nitrogen and oxygen atoms in total. The minimum absolute atomic E-state index is 0.0199. The lowest BCUT2D eigenvalue weighted by atomic mass is 9.92. The molecule has 1 atom stereocenters. The molecule has 0 aliphatic carbocycles. The van der Waals surface area contributed by atoms with Gasteiger partial charge in [0.15, 0.2) is 5.82 Å². The summed E-state index contributed by atoms with van der Waals surface area (Å²) < 4.78 is 0. The molecule has 4 heterocycles. The first-order valence-electron chi connectivity index (χ1n) is 9.16. The van der Waals surface area contributed by atoms with Crippen molar-refractivity contribution in [3.05, 3.63) is 59.6 Å². The number of piperidine rings is 1. The number of rotatable bonds is 3. The molecule has 0 saturated carbocycles. The molecule has 3 aromatic heterocycles. The molecule has 1 aliphatic heterocycles. The van der Waals surface area contributed by atoms with E-state index in [4.69, 9.17) is 0 Å². The number of hydrogen-bond donors (Lipinski definition) is 1. The van der Waals surface area contributed by atoms with Crippen molar-refractivity contribution in [1.82, 2.24) is 29.8 Å². The molecule has 0 aromatic carbocycles. The molecule has 0 spiro atoms. The van der Waals surface area contributed by atoms with E-state index in [1.54, 1.807) is 24.8 Å². The molecular weight excluding hydrogens is 340 g/mol. The number of carbonyl (C=O) groups is 1. The van der Waals surface area contributed by atoms with Gasteiger partial charge >= 0.3 is 0 Å². The molecule has 0 bridgehead atoms. The third-order valence-electron chi connectivity index (χ3n) is 4.91. The van der Waals surface area contributed by atoms with Crippen LogP contribution in [0, 0.1) is 13.8 Å². The van der Waals surface area contributed by atoms with Gasteiger partial charge in [0, 0.05) is 55.2 Å². The van der Waals surface area contributed by atoms with Gasteiger partial charge in [-0.25, -0.2) is 9.97 Å². The van der Waals surface area contributed by atoms with Crippen molar-refractivity contribution >= 4 is 5.91 Å². The van der Waals surface area contributed by atoms with Gasteiger partial charge in [-0.05, 0) is 38.8 Å². The minimum Gasteiger partial charge on any atom is -0.341 e. The first-order valence-corrected chi connectivity index (χ1v) is 9.16. The van der Waals surface area contributed by atoms with Gasteiger partial charge in [0.05, 0.1) is 11.3 Å². The van der Waals surface area contributed by atoms with E-state index in [-0.39, 0.29) is 11.8 Å². The number of aromatic amines is 1. The van der Waals surface area contributed by atoms with E-state index in [1.807, 2.05) is 30.9 Å². The smallest absolute Gasteiger partial charge is 0.255 e. The largest absolute Gasteiger partial charge is 0.341 e. The van der Waals surface area contributed by atoms with Crippen molar-refractivity contribution in [2.24, 2.45) is 0 Å². The predicted octanol–water partition coefficient (Wildman–Crippen LogP) is 2.90. The van der Waals surface area contributed by atoms with E-state index in [0.717, 1.165) is 48.0 Å². The van der Waals surface area contributed by atoms with E-state index in [2.05, 4.69) is 24.9 Å². The summed E-state index contributed by atoms with van der Waals surface area (Å²) >= 11 is 0. The lowest BCUT2D eigenvalue weighted by Gasteiger charge is -2.33. The first kappa shape index (κ1) is 17.3. The van der Waals surface area contributed by atoms with Crippen LogP contribution in [0.5, 0.6) is 0 Å². The molecular formula is C20H22N6O. The highest BCUT2D eigenvalue weighted by Gasteiger charge is 2.29. The zero-order valence-electron chi connectivity index (χ0n) is 15.5. The van der Waals surface area contributed by atoms with Crippen LogP contribution in [0.2, 0.25) is 0 Å². The molecule has 3 aromatic rings. The van der Waals surface area contributed by atoms with E-state index >= 15 is 0 Å². The summed E-state index contributed by atoms with van der Waals surface area (Å²) in [6.07, 6.45) is 8.74. The quantitative estimate of drug-likeness (QED) is 0.774. The molecule has 0 radical (unpaired) electrons. The molecule has 0 unspecified atom stereocenters. The van der Waals surface area contributed by atoms with Gasteiger partial charge in [-0.15, -0.1) is 0 Å². The Morgan fingerprint density at radius 3 is 2.70 bits per heavy atom. The molecule has 27 heavy (non-hydrogen) atoms. The van der Waals surface area contributed by atoms with Crippen LogP contribution in [0.15, 0.2) is 36.9 Å². The van der Waals surface area contributed by atoms with Crippen molar-refractivity contribution in [2.75, 3.05) is 13.1 Å². The number of H-pyrrole nitrogens is 1. The lowest BCUT2D eigenvalue weighted by Crippen LogP contribution is -2.39. The number of likely N-dealkylation sites (tertiary alicyclic amines) is 1. The van der Waals surface area contributed by atoms with Crippen LogP contribution in [-0.2, 0) is 0 Å². The van der Waals surface area contributed by atoms with Gasteiger partial charge in [0.2, 0.25) is 0 Å². The van der Waals surface area contributed by atoms with Gasteiger partial charge in [-0.2, -0.15) is 0 Å². The predicted molar refractivity (Wildman–Crippen MR) is 101 cm³/mol. The summed E-state index contributed by atoms with van der Waals surface area (Å²) in [4.78, 5) is 35.8. The van der Waals surface area contributed by atoms with Crippen LogP contribution in [0.3, 0.4) is 0 Å². The van der Waals surface area contributed by atoms with Gasteiger partial charge in [0.1, 0.15) is 5.69 Å². The number of carbonyl (C=O) groups excluding carboxylic acids is 1. The summed E-state index contributed by atoms with van der Waals surface area (Å²) in [5.41, 5.74) is 4.17. The monoisotopic (exact) mass is 362 g/mol. The highest BCUT2D eigenvalue weighted by Crippen LogP contribution is 2.31. The van der Waals surface area contributed by atoms with Crippen molar-refractivity contribution in [3.8, 4) is 11.5 Å². The SMILES string of the molecule is Cc1ccc(C(=O)N2CCC[C@@H](c3nccnc3-c3ncc(C)[nH]3)C2)cn1. The number of nitrogens with zero attached hydrogens (tertiary/aromatic N) is 5. The number of hydrogen-bond acceptors (Lipinski definition) is 5. The van der Waals surface area contributed by atoms with Crippen molar-refractivity contribution in [1.29, 1.82) is 0 Å². The second kappa shape index (κ2) is 7.26. The second-order valence-electron chi connectivity index (χ2n) is 6.98. The van der Waals surface area contributed by atoms with Crippen LogP contribution in [0.25, 0.3) is 11.5 Å². The summed E-state index contributed by atoms with van der Waals surface area (Å²) in [5, 5.41) is 0. The average molecular weight is 362 g/mol. The summed E-state index contributed by atoms with van der Waals surface area (Å²) in [7, 11) is 0. The fourth-order valence-electron chi connectivity index (χ4n) is 3.52. The maximum Gasteiger partial charge on any atom is 0.255 e. The fraction of sp³-hybridized carbons (Fsp3) is 0.350. The Kier molecular flexibility index (Phi) is 4.66. The number of nitrogens with one attached hydrogen (secondary N) is 1. The van der Waals surface area contributed by atoms with Gasteiger partial charge in [-0.1, -0.05) is 0 Å². The Balaban J connectivity index is 1.59. The number of imidazole rings is 1. The van der Waals surface area contributed by atoms with Crippen molar-refractivity contribution in [2.45, 2.75) is 32.6 Å². The molecule has 1 saturated heterocycles. The number of amides is 1. The normalized spacial score (nSPS) is 17.1. The zero-order chi connectivity index (χ0) is 18.8. The van der Waals surface area contributed by atoms with Crippen LogP contribution in [0.1, 0.15) is 46.2 Å². The Bertz CT molecular complexity index is 949. The van der Waals surface area contributed by atoms with Crippen molar-refractivity contribution in [3.63, 3.8) is 0 Å². The topological polar surface area (TPSA) is 87.7 Å². The third kappa shape index (κ3) is 3.58. The Morgan fingerprint density at radius 1 is 1.11 bits per heavy atom. The van der Waals surface area contributed by atoms with Gasteiger partial charge in [0.25, 0.3) is 5.91 Å². The number of pyridine rings is 1. The molecule has 4 rings (SSSR count). The van der Waals surface area contributed by atoms with E-state index < -0.39 is 0 Å². The Labute approximate surface area is 157 Å². The van der Waals surface area contributed by atoms with Crippen LogP contribution < -0.4 is 0 Å². The van der Waals surface area contributed by atoms with E-state index in [1.165, 1.54) is 0 Å². The van der Waals surface area contributed by atoms with Gasteiger partial charge in [-0.3, -0.25) is 14.8 Å². The second-order valence-corrected chi connectivity index (χ2v) is 6.98. The highest BCUT2D eigenvalue weighted by atomic mass is 16.2. The standard InChI is InChI=1S/C20H22N6O/c1-13-5-6-15(11-23-13)20(27)26-9-3-4-16(12-26)17-18(22-8-7-21-17)19-24-10-14(2)25-19/h5-8,10-11,16H,3-4,9,12H2,1-2H3,(H,24,25)/t16-/m1/s1. The molecule has 1 fully saturated rings. The number of aryl methyl sites for hydroxylation is 2. The van der Waals surface area contributed by atoms with Crippen LogP contribution in [0.4, 0.5) is 0 Å². The Hall–Kier alpha value is -3.09. The summed E-state index contributed by atoms with van der Waals surface area (Å²) in [5.74, 6) is 0.878. The summed E-state index contributed by atoms with van der Waals surface area (Å²) in [6.45, 7) is 5.25. The molecule has 1 amide bonds.